The van der Waals surface area contributed by atoms with Gasteiger partial charge in [0.15, 0.2) is 17.5 Å². The van der Waals surface area contributed by atoms with Crippen molar-refractivity contribution in [2.24, 2.45) is 0 Å². The molecular weight excluding hydrogens is 731 g/mol. The molecular formula is C55H41N5. The molecule has 11 aromatic rings. The van der Waals surface area contributed by atoms with Gasteiger partial charge in [-0.3, -0.25) is 0 Å². The quantitative estimate of drug-likeness (QED) is 0.169. The molecule has 0 amide bonds. The summed E-state index contributed by atoms with van der Waals surface area (Å²) in [6, 6.07) is 69.1. The number of para-hydroxylation sites is 2. The van der Waals surface area contributed by atoms with E-state index in [1.54, 1.807) is 0 Å². The molecule has 0 bridgehead atoms. The van der Waals surface area contributed by atoms with Crippen molar-refractivity contribution < 1.29 is 0 Å². The summed E-state index contributed by atoms with van der Waals surface area (Å²) < 4.78 is 4.77. The summed E-state index contributed by atoms with van der Waals surface area (Å²) in [5, 5.41) is 4.92. The number of nitrogens with zero attached hydrogens (tertiary/aromatic N) is 5. The molecule has 286 valence electrons. The van der Waals surface area contributed by atoms with E-state index in [2.05, 4.69) is 163 Å². The van der Waals surface area contributed by atoms with Crippen LogP contribution >= 0.6 is 0 Å². The van der Waals surface area contributed by atoms with E-state index in [0.29, 0.717) is 17.5 Å². The molecule has 60 heavy (non-hydrogen) atoms. The molecule has 0 aliphatic heterocycles. The van der Waals surface area contributed by atoms with E-state index in [-0.39, 0.29) is 5.41 Å². The lowest BCUT2D eigenvalue weighted by Gasteiger charge is -2.19. The van der Waals surface area contributed by atoms with Crippen LogP contribution in [-0.2, 0) is 5.41 Å². The number of benzene rings is 8. The number of hydrogen-bond donors (Lipinski definition) is 0. The van der Waals surface area contributed by atoms with Crippen molar-refractivity contribution in [1.82, 2.24) is 24.1 Å². The molecule has 11 rings (SSSR count). The second-order valence-corrected chi connectivity index (χ2v) is 16.6. The first kappa shape index (κ1) is 35.5. The predicted octanol–water partition coefficient (Wildman–Crippen LogP) is 14.0. The first-order chi connectivity index (χ1) is 29.4. The maximum absolute atomic E-state index is 4.98. The molecule has 5 heteroatoms. The standard InChI is InChI=1S/C55H41N5/c1-55(2,3)41-26-30-43(31-27-41)59-49-21-13-11-19-45(49)47-34-39(25-33-50(47)59)40-24-32-46-44-18-10-12-20-48(44)60(51(46)35-40)42-28-22-38(23-29-42)54-57-52(36-14-6-4-7-15-36)56-53(58-54)37-16-8-5-9-17-37/h4-35H,1-3H3. The Kier molecular flexibility index (Phi) is 8.31. The van der Waals surface area contributed by atoms with E-state index in [1.165, 1.54) is 55.0 Å². The molecule has 0 radical (unpaired) electrons. The van der Waals surface area contributed by atoms with Crippen LogP contribution in [0, 0.1) is 0 Å². The maximum Gasteiger partial charge on any atom is 0.164 e. The zero-order chi connectivity index (χ0) is 40.4. The number of aromatic nitrogens is 5. The van der Waals surface area contributed by atoms with E-state index in [0.717, 1.165) is 33.4 Å². The third kappa shape index (κ3) is 6.06. The smallest absolute Gasteiger partial charge is 0.164 e. The highest BCUT2D eigenvalue weighted by Gasteiger charge is 2.19. The zero-order valence-electron chi connectivity index (χ0n) is 33.7. The van der Waals surface area contributed by atoms with Gasteiger partial charge >= 0.3 is 0 Å². The lowest BCUT2D eigenvalue weighted by atomic mass is 9.87. The topological polar surface area (TPSA) is 48.5 Å². The average Bonchev–Trinajstić information content (AvgIpc) is 3.81. The summed E-state index contributed by atoms with van der Waals surface area (Å²) in [4.78, 5) is 14.8. The van der Waals surface area contributed by atoms with Gasteiger partial charge < -0.3 is 9.13 Å². The first-order valence-corrected chi connectivity index (χ1v) is 20.5. The molecule has 3 aromatic heterocycles. The second-order valence-electron chi connectivity index (χ2n) is 16.6. The molecule has 5 nitrogen and oxygen atoms in total. The lowest BCUT2D eigenvalue weighted by molar-refractivity contribution is 0.590. The molecule has 8 aromatic carbocycles. The largest absolute Gasteiger partial charge is 0.309 e. The van der Waals surface area contributed by atoms with Gasteiger partial charge in [0.25, 0.3) is 0 Å². The Hall–Kier alpha value is -7.63. The van der Waals surface area contributed by atoms with Gasteiger partial charge in [-0.15, -0.1) is 0 Å². The minimum Gasteiger partial charge on any atom is -0.309 e. The highest BCUT2D eigenvalue weighted by molar-refractivity contribution is 6.12. The summed E-state index contributed by atoms with van der Waals surface area (Å²) in [5.74, 6) is 1.93. The van der Waals surface area contributed by atoms with Gasteiger partial charge in [-0.25, -0.2) is 15.0 Å². The van der Waals surface area contributed by atoms with E-state index in [4.69, 9.17) is 15.0 Å². The fourth-order valence-electron chi connectivity index (χ4n) is 8.67. The van der Waals surface area contributed by atoms with Crippen LogP contribution in [0.3, 0.4) is 0 Å². The Labute approximate surface area is 348 Å². The SMILES string of the molecule is CC(C)(C)c1ccc(-n2c3ccccc3c3cc(-c4ccc5c6ccccc6n(-c6ccc(-c7nc(-c8ccccc8)nc(-c8ccccc8)n7)cc6)c5c4)ccc32)cc1. The van der Waals surface area contributed by atoms with E-state index < -0.39 is 0 Å². The van der Waals surface area contributed by atoms with Gasteiger partial charge in [0.1, 0.15) is 0 Å². The van der Waals surface area contributed by atoms with E-state index >= 15 is 0 Å². The van der Waals surface area contributed by atoms with Gasteiger partial charge in [-0.2, -0.15) is 0 Å². The lowest BCUT2D eigenvalue weighted by Crippen LogP contribution is -2.10. The van der Waals surface area contributed by atoms with Crippen LogP contribution in [0.25, 0.3) is 100 Å². The monoisotopic (exact) mass is 771 g/mol. The molecule has 0 atom stereocenters. The van der Waals surface area contributed by atoms with Crippen LogP contribution in [0.15, 0.2) is 194 Å². The van der Waals surface area contributed by atoms with Gasteiger partial charge in [0, 0.05) is 49.6 Å². The zero-order valence-corrected chi connectivity index (χ0v) is 33.7. The molecule has 3 heterocycles. The van der Waals surface area contributed by atoms with Gasteiger partial charge in [0.05, 0.1) is 22.1 Å². The van der Waals surface area contributed by atoms with Crippen molar-refractivity contribution in [3.63, 3.8) is 0 Å². The molecule has 0 aliphatic carbocycles. The van der Waals surface area contributed by atoms with Crippen LogP contribution in [0.2, 0.25) is 0 Å². The Bertz CT molecular complexity index is 3310. The molecule has 0 N–H and O–H groups in total. The fourth-order valence-corrected chi connectivity index (χ4v) is 8.67. The summed E-state index contributed by atoms with van der Waals surface area (Å²) >= 11 is 0. The summed E-state index contributed by atoms with van der Waals surface area (Å²) in [6.45, 7) is 6.79. The van der Waals surface area contributed by atoms with Crippen molar-refractivity contribution in [1.29, 1.82) is 0 Å². The number of rotatable bonds is 6. The molecule has 0 fully saturated rings. The Balaban J connectivity index is 1.02. The van der Waals surface area contributed by atoms with Crippen LogP contribution in [-0.4, -0.2) is 24.1 Å². The van der Waals surface area contributed by atoms with Crippen molar-refractivity contribution >= 4 is 43.6 Å². The molecule has 0 saturated heterocycles. The molecule has 0 unspecified atom stereocenters. The van der Waals surface area contributed by atoms with E-state index in [1.807, 2.05) is 60.7 Å². The van der Waals surface area contributed by atoms with Crippen molar-refractivity contribution in [3.8, 4) is 56.7 Å². The minimum atomic E-state index is 0.0972. The molecule has 0 spiro atoms. The minimum absolute atomic E-state index is 0.0972. The Morgan fingerprint density at radius 3 is 1.28 bits per heavy atom. The summed E-state index contributed by atoms with van der Waals surface area (Å²) in [5.41, 5.74) is 13.6. The first-order valence-electron chi connectivity index (χ1n) is 20.5. The second kappa shape index (κ2) is 14.0. The number of fused-ring (bicyclic) bond motifs is 6. The molecule has 0 saturated carbocycles. The number of hydrogen-bond acceptors (Lipinski definition) is 3. The summed E-state index contributed by atoms with van der Waals surface area (Å²) in [7, 11) is 0. The Morgan fingerprint density at radius 1 is 0.317 bits per heavy atom. The van der Waals surface area contributed by atoms with Crippen molar-refractivity contribution in [3.05, 3.63) is 200 Å². The average molecular weight is 772 g/mol. The Morgan fingerprint density at radius 2 is 0.717 bits per heavy atom. The van der Waals surface area contributed by atoms with Crippen LogP contribution in [0.1, 0.15) is 26.3 Å². The van der Waals surface area contributed by atoms with E-state index in [9.17, 15) is 0 Å². The fraction of sp³-hybridized carbons (Fsp3) is 0.0727. The van der Waals surface area contributed by atoms with Gasteiger partial charge in [0.2, 0.25) is 0 Å². The highest BCUT2D eigenvalue weighted by atomic mass is 15.0. The molecule has 0 aliphatic rings. The van der Waals surface area contributed by atoms with Crippen molar-refractivity contribution in [2.45, 2.75) is 26.2 Å². The normalized spacial score (nSPS) is 11.9. The summed E-state index contributed by atoms with van der Waals surface area (Å²) in [6.07, 6.45) is 0. The van der Waals surface area contributed by atoms with Gasteiger partial charge in [-0.1, -0.05) is 148 Å². The third-order valence-corrected chi connectivity index (χ3v) is 11.8. The predicted molar refractivity (Wildman–Crippen MR) is 249 cm³/mol. The van der Waals surface area contributed by atoms with Crippen LogP contribution in [0.4, 0.5) is 0 Å². The maximum atomic E-state index is 4.98. The third-order valence-electron chi connectivity index (χ3n) is 11.8. The van der Waals surface area contributed by atoms with Crippen LogP contribution < -0.4 is 0 Å². The van der Waals surface area contributed by atoms with Crippen LogP contribution in [0.5, 0.6) is 0 Å². The van der Waals surface area contributed by atoms with Crippen molar-refractivity contribution in [2.75, 3.05) is 0 Å². The van der Waals surface area contributed by atoms with Gasteiger partial charge in [-0.05, 0) is 88.8 Å². The highest BCUT2D eigenvalue weighted by Crippen LogP contribution is 2.39.